The molecule has 0 aromatic rings. The Morgan fingerprint density at radius 3 is 2.12 bits per heavy atom. The maximum atomic E-state index is 11.9. The van der Waals surface area contributed by atoms with Crippen molar-refractivity contribution < 1.29 is 9.59 Å². The molecular formula is C13H25NO2S. The number of Topliss-reactive ketones (excluding diaryl/α,β-unsaturated/α-hetero) is 2. The van der Waals surface area contributed by atoms with Crippen LogP contribution in [0, 0.1) is 11.8 Å². The Kier molecular flexibility index (Phi) is 8.52. The molecule has 0 saturated heterocycles. The molecule has 0 aromatic heterocycles. The largest absolute Gasteiger partial charge is 0.299 e. The summed E-state index contributed by atoms with van der Waals surface area (Å²) in [5.74, 6) is 0.657. The van der Waals surface area contributed by atoms with E-state index in [1.165, 1.54) is 11.9 Å². The molecule has 0 radical (unpaired) electrons. The molecule has 0 fully saturated rings. The van der Waals surface area contributed by atoms with Gasteiger partial charge in [-0.3, -0.25) is 14.3 Å². The Bertz CT molecular complexity index is 252. The van der Waals surface area contributed by atoms with Crippen LogP contribution in [0.25, 0.3) is 0 Å². The number of ketones is 2. The summed E-state index contributed by atoms with van der Waals surface area (Å²) in [4.78, 5) is 23.4. The van der Waals surface area contributed by atoms with Gasteiger partial charge in [0.2, 0.25) is 0 Å². The minimum Gasteiger partial charge on any atom is -0.299 e. The fourth-order valence-electron chi connectivity index (χ4n) is 1.57. The highest BCUT2D eigenvalue weighted by Crippen LogP contribution is 2.12. The van der Waals surface area contributed by atoms with Crippen molar-refractivity contribution in [3.63, 3.8) is 0 Å². The topological polar surface area (TPSA) is 46.2 Å². The zero-order chi connectivity index (χ0) is 13.4. The second-order valence-electron chi connectivity index (χ2n) is 4.94. The van der Waals surface area contributed by atoms with E-state index < -0.39 is 0 Å². The molecule has 1 atom stereocenters. The van der Waals surface area contributed by atoms with Crippen LogP contribution in [-0.4, -0.2) is 23.9 Å². The minimum atomic E-state index is -0.120. The first-order valence-corrected chi connectivity index (χ1v) is 7.47. The van der Waals surface area contributed by atoms with Gasteiger partial charge < -0.3 is 0 Å². The molecule has 17 heavy (non-hydrogen) atoms. The van der Waals surface area contributed by atoms with Crippen molar-refractivity contribution in [2.45, 2.75) is 53.0 Å². The molecule has 0 spiro atoms. The molecule has 0 amide bonds. The lowest BCUT2D eigenvalue weighted by Gasteiger charge is -2.18. The predicted octanol–water partition coefficient (Wildman–Crippen LogP) is 2.84. The summed E-state index contributed by atoms with van der Waals surface area (Å²) in [5, 5.41) is 0. The average molecular weight is 259 g/mol. The van der Waals surface area contributed by atoms with E-state index in [2.05, 4.69) is 4.72 Å². The van der Waals surface area contributed by atoms with Crippen molar-refractivity contribution in [3.8, 4) is 0 Å². The molecule has 0 saturated carbocycles. The molecule has 4 heteroatoms. The van der Waals surface area contributed by atoms with E-state index in [0.29, 0.717) is 6.42 Å². The van der Waals surface area contributed by atoms with Crippen molar-refractivity contribution in [1.29, 1.82) is 0 Å². The van der Waals surface area contributed by atoms with Crippen LogP contribution in [0.1, 0.15) is 47.0 Å². The Balaban J connectivity index is 4.10. The smallest absolute Gasteiger partial charge is 0.153 e. The second kappa shape index (κ2) is 8.70. The zero-order valence-electron chi connectivity index (χ0n) is 11.6. The summed E-state index contributed by atoms with van der Waals surface area (Å²) < 4.78 is 3.12. The first-order valence-electron chi connectivity index (χ1n) is 6.25. The van der Waals surface area contributed by atoms with E-state index in [4.69, 9.17) is 0 Å². The Labute approximate surface area is 109 Å². The van der Waals surface area contributed by atoms with Gasteiger partial charge in [-0.2, -0.15) is 0 Å². The molecule has 1 N–H and O–H groups in total. The maximum absolute atomic E-state index is 11.9. The van der Waals surface area contributed by atoms with Gasteiger partial charge in [-0.25, -0.2) is 0 Å². The summed E-state index contributed by atoms with van der Waals surface area (Å²) in [6.07, 6.45) is 4.03. The van der Waals surface area contributed by atoms with Gasteiger partial charge >= 0.3 is 0 Å². The van der Waals surface area contributed by atoms with Gasteiger partial charge in [-0.1, -0.05) is 39.6 Å². The molecule has 100 valence electrons. The fourth-order valence-corrected chi connectivity index (χ4v) is 2.09. The van der Waals surface area contributed by atoms with E-state index in [1.54, 1.807) is 0 Å². The number of carbonyl (C=O) groups is 2. The van der Waals surface area contributed by atoms with Crippen LogP contribution >= 0.6 is 11.9 Å². The van der Waals surface area contributed by atoms with Crippen LogP contribution in [0.4, 0.5) is 0 Å². The van der Waals surface area contributed by atoms with Gasteiger partial charge in [0.25, 0.3) is 0 Å². The van der Waals surface area contributed by atoms with Crippen LogP contribution < -0.4 is 4.72 Å². The molecular weight excluding hydrogens is 234 g/mol. The molecule has 3 nitrogen and oxygen atoms in total. The van der Waals surface area contributed by atoms with Crippen LogP contribution in [-0.2, 0) is 9.59 Å². The van der Waals surface area contributed by atoms with Crippen LogP contribution in [0.2, 0.25) is 0 Å². The molecule has 0 aliphatic carbocycles. The molecule has 0 unspecified atom stereocenters. The molecule has 0 aliphatic rings. The number of hydrogen-bond acceptors (Lipinski definition) is 4. The first-order chi connectivity index (χ1) is 7.90. The van der Waals surface area contributed by atoms with Crippen molar-refractivity contribution >= 4 is 23.5 Å². The van der Waals surface area contributed by atoms with Crippen LogP contribution in [0.5, 0.6) is 0 Å². The monoisotopic (exact) mass is 259 g/mol. The van der Waals surface area contributed by atoms with Crippen LogP contribution in [0.3, 0.4) is 0 Å². The van der Waals surface area contributed by atoms with Crippen molar-refractivity contribution in [2.75, 3.05) is 6.26 Å². The number of carbonyl (C=O) groups excluding carboxylic acids is 2. The average Bonchev–Trinajstić information content (AvgIpc) is 2.26. The predicted molar refractivity (Wildman–Crippen MR) is 74.0 cm³/mol. The quantitative estimate of drug-likeness (QED) is 0.647. The fraction of sp³-hybridized carbons (Fsp3) is 0.846. The van der Waals surface area contributed by atoms with Gasteiger partial charge in [0.05, 0.1) is 6.04 Å². The third-order valence-electron chi connectivity index (χ3n) is 2.73. The first kappa shape index (κ1) is 16.6. The lowest BCUT2D eigenvalue weighted by atomic mass is 9.96. The van der Waals surface area contributed by atoms with E-state index in [1.807, 2.05) is 34.0 Å². The SMILES string of the molecule is CSN[C@H](CCCC(=O)C(C)C)C(=O)C(C)C. The molecule has 0 bridgehead atoms. The number of hydrogen-bond donors (Lipinski definition) is 1. The van der Waals surface area contributed by atoms with Crippen molar-refractivity contribution in [2.24, 2.45) is 11.8 Å². The summed E-state index contributed by atoms with van der Waals surface area (Å²) >= 11 is 1.46. The van der Waals surface area contributed by atoms with Gasteiger partial charge in [-0.15, -0.1) is 0 Å². The van der Waals surface area contributed by atoms with Gasteiger partial charge in [-0.05, 0) is 19.1 Å². The van der Waals surface area contributed by atoms with E-state index in [9.17, 15) is 9.59 Å². The van der Waals surface area contributed by atoms with E-state index in [-0.39, 0.29) is 29.4 Å². The van der Waals surface area contributed by atoms with Crippen molar-refractivity contribution in [1.82, 2.24) is 4.72 Å². The summed E-state index contributed by atoms with van der Waals surface area (Å²) in [5.41, 5.74) is 0. The molecule has 0 heterocycles. The summed E-state index contributed by atoms with van der Waals surface area (Å²) in [7, 11) is 0. The van der Waals surface area contributed by atoms with Crippen LogP contribution in [0.15, 0.2) is 0 Å². The summed E-state index contributed by atoms with van der Waals surface area (Å²) in [6.45, 7) is 7.66. The van der Waals surface area contributed by atoms with E-state index >= 15 is 0 Å². The molecule has 0 aromatic carbocycles. The Morgan fingerprint density at radius 2 is 1.71 bits per heavy atom. The standard InChI is InChI=1S/C13H25NO2S/c1-9(2)12(15)8-6-7-11(14-17-5)13(16)10(3)4/h9-11,14H,6-8H2,1-5H3/t11-/m1/s1. The number of nitrogens with one attached hydrogen (secondary N) is 1. The maximum Gasteiger partial charge on any atom is 0.153 e. The van der Waals surface area contributed by atoms with Gasteiger partial charge in [0.15, 0.2) is 5.78 Å². The second-order valence-corrected chi connectivity index (χ2v) is 5.59. The highest BCUT2D eigenvalue weighted by Gasteiger charge is 2.20. The highest BCUT2D eigenvalue weighted by molar-refractivity contribution is 7.96. The molecule has 0 aliphatic heterocycles. The molecule has 0 rings (SSSR count). The van der Waals surface area contributed by atoms with Gasteiger partial charge in [0, 0.05) is 18.3 Å². The van der Waals surface area contributed by atoms with Gasteiger partial charge in [0.1, 0.15) is 5.78 Å². The summed E-state index contributed by atoms with van der Waals surface area (Å²) in [6, 6.07) is -0.120. The minimum absolute atomic E-state index is 0.0421. The third-order valence-corrected chi connectivity index (χ3v) is 3.25. The highest BCUT2D eigenvalue weighted by atomic mass is 32.2. The Morgan fingerprint density at radius 1 is 1.12 bits per heavy atom. The lowest BCUT2D eigenvalue weighted by molar-refractivity contribution is -0.124. The van der Waals surface area contributed by atoms with E-state index in [0.717, 1.165) is 12.8 Å². The normalized spacial score (nSPS) is 13.1. The third kappa shape index (κ3) is 6.84. The number of rotatable bonds is 9. The Hall–Kier alpha value is -0.350. The van der Waals surface area contributed by atoms with Crippen molar-refractivity contribution in [3.05, 3.63) is 0 Å². The zero-order valence-corrected chi connectivity index (χ0v) is 12.4. The lowest BCUT2D eigenvalue weighted by Crippen LogP contribution is -2.35.